The zero-order valence-electron chi connectivity index (χ0n) is 12.0. The van der Waals surface area contributed by atoms with Crippen LogP contribution < -0.4 is 10.1 Å². The van der Waals surface area contributed by atoms with E-state index in [-0.39, 0.29) is 18.3 Å². The van der Waals surface area contributed by atoms with Crippen molar-refractivity contribution in [3.05, 3.63) is 54.1 Å². The van der Waals surface area contributed by atoms with Crippen molar-refractivity contribution in [3.63, 3.8) is 0 Å². The highest BCUT2D eigenvalue weighted by atomic mass is 16.5. The molecule has 2 N–H and O–H groups in total. The number of nitrogens with one attached hydrogen (secondary N) is 1. The first kappa shape index (κ1) is 14.9. The molecule has 1 amide bonds. The van der Waals surface area contributed by atoms with Crippen LogP contribution in [0.25, 0.3) is 0 Å². The highest BCUT2D eigenvalue weighted by Crippen LogP contribution is 2.16. The normalized spacial score (nSPS) is 10.1. The number of carbonyl (C=O) groups is 1. The summed E-state index contributed by atoms with van der Waals surface area (Å²) in [4.78, 5) is 11.7. The molecule has 0 aliphatic rings. The van der Waals surface area contributed by atoms with Crippen molar-refractivity contribution in [1.29, 1.82) is 0 Å². The lowest BCUT2D eigenvalue weighted by Gasteiger charge is -2.08. The third-order valence-corrected chi connectivity index (χ3v) is 2.96. The van der Waals surface area contributed by atoms with Crippen molar-refractivity contribution in [3.8, 4) is 11.5 Å². The topological polar surface area (TPSA) is 58.6 Å². The maximum Gasteiger partial charge on any atom is 0.262 e. The maximum atomic E-state index is 11.7. The summed E-state index contributed by atoms with van der Waals surface area (Å²) in [5, 5.41) is 12.0. The summed E-state index contributed by atoms with van der Waals surface area (Å²) < 4.78 is 5.43. The zero-order chi connectivity index (χ0) is 15.1. The first-order chi connectivity index (χ1) is 10.2. The molecule has 2 aromatic rings. The minimum Gasteiger partial charge on any atom is -0.508 e. The number of hydrogen-bond donors (Lipinski definition) is 2. The maximum absolute atomic E-state index is 11.7. The number of ether oxygens (including phenoxy) is 1. The average molecular weight is 285 g/mol. The summed E-state index contributed by atoms with van der Waals surface area (Å²) >= 11 is 0. The highest BCUT2D eigenvalue weighted by Gasteiger charge is 2.04. The van der Waals surface area contributed by atoms with Gasteiger partial charge in [0.2, 0.25) is 0 Å². The molecule has 21 heavy (non-hydrogen) atoms. The third-order valence-electron chi connectivity index (χ3n) is 2.96. The van der Waals surface area contributed by atoms with Gasteiger partial charge in [-0.25, -0.2) is 0 Å². The van der Waals surface area contributed by atoms with E-state index in [1.165, 1.54) is 11.6 Å². The number of carbonyl (C=O) groups excluding carboxylic acids is 1. The Balaban J connectivity index is 1.83. The monoisotopic (exact) mass is 285 g/mol. The second kappa shape index (κ2) is 7.33. The molecule has 0 aliphatic heterocycles. The summed E-state index contributed by atoms with van der Waals surface area (Å²) in [6.45, 7) is 2.07. The molecule has 0 aliphatic carbocycles. The van der Waals surface area contributed by atoms with E-state index in [1.54, 1.807) is 18.2 Å². The number of anilines is 1. The SMILES string of the molecule is CCCc1ccc(OCC(=O)Nc2cccc(O)c2)cc1. The van der Waals surface area contributed by atoms with Gasteiger partial charge in [-0.1, -0.05) is 31.5 Å². The summed E-state index contributed by atoms with van der Waals surface area (Å²) in [6.07, 6.45) is 2.14. The van der Waals surface area contributed by atoms with Crippen molar-refractivity contribution in [2.75, 3.05) is 11.9 Å². The van der Waals surface area contributed by atoms with E-state index in [4.69, 9.17) is 4.74 Å². The van der Waals surface area contributed by atoms with E-state index >= 15 is 0 Å². The molecule has 0 aromatic heterocycles. The molecule has 2 rings (SSSR count). The van der Waals surface area contributed by atoms with Gasteiger partial charge in [0.25, 0.3) is 5.91 Å². The third kappa shape index (κ3) is 4.84. The smallest absolute Gasteiger partial charge is 0.262 e. The lowest BCUT2D eigenvalue weighted by molar-refractivity contribution is -0.118. The molecule has 110 valence electrons. The molecule has 0 atom stereocenters. The standard InChI is InChI=1S/C17H19NO3/c1-2-4-13-7-9-16(10-8-13)21-12-17(20)18-14-5-3-6-15(19)11-14/h3,5-11,19H,2,4,12H2,1H3,(H,18,20). The quantitative estimate of drug-likeness (QED) is 0.855. The molecule has 2 aromatic carbocycles. The number of rotatable bonds is 6. The van der Waals surface area contributed by atoms with Crippen LogP contribution in [-0.4, -0.2) is 17.6 Å². The molecule has 4 heteroatoms. The number of hydrogen-bond acceptors (Lipinski definition) is 3. The minimum absolute atomic E-state index is 0.0667. The molecule has 4 nitrogen and oxygen atoms in total. The second-order valence-electron chi connectivity index (χ2n) is 4.78. The van der Waals surface area contributed by atoms with Crippen LogP contribution in [0.4, 0.5) is 5.69 Å². The Labute approximate surface area is 124 Å². The van der Waals surface area contributed by atoms with Gasteiger partial charge in [-0.3, -0.25) is 4.79 Å². The van der Waals surface area contributed by atoms with Gasteiger partial charge in [0.15, 0.2) is 6.61 Å². The fourth-order valence-corrected chi connectivity index (χ4v) is 1.97. The van der Waals surface area contributed by atoms with E-state index in [0.29, 0.717) is 11.4 Å². The van der Waals surface area contributed by atoms with Gasteiger partial charge >= 0.3 is 0 Å². The Bertz CT molecular complexity index is 593. The number of amides is 1. The molecular weight excluding hydrogens is 266 g/mol. The van der Waals surface area contributed by atoms with E-state index in [1.807, 2.05) is 24.3 Å². The molecule has 0 radical (unpaired) electrons. The molecule has 0 unspecified atom stereocenters. The van der Waals surface area contributed by atoms with E-state index < -0.39 is 0 Å². The Kier molecular flexibility index (Phi) is 5.21. The van der Waals surface area contributed by atoms with Crippen molar-refractivity contribution in [2.45, 2.75) is 19.8 Å². The van der Waals surface area contributed by atoms with E-state index in [2.05, 4.69) is 12.2 Å². The summed E-state index contributed by atoms with van der Waals surface area (Å²) in [6, 6.07) is 14.1. The fourth-order valence-electron chi connectivity index (χ4n) is 1.97. The van der Waals surface area contributed by atoms with Crippen LogP contribution >= 0.6 is 0 Å². The van der Waals surface area contributed by atoms with Crippen LogP contribution in [0, 0.1) is 0 Å². The first-order valence-corrected chi connectivity index (χ1v) is 6.98. The Morgan fingerprint density at radius 1 is 1.19 bits per heavy atom. The number of aryl methyl sites for hydroxylation is 1. The summed E-state index contributed by atoms with van der Waals surface area (Å²) in [5.41, 5.74) is 1.80. The number of benzene rings is 2. The van der Waals surface area contributed by atoms with Crippen LogP contribution in [0.3, 0.4) is 0 Å². The van der Waals surface area contributed by atoms with E-state index in [9.17, 15) is 9.90 Å². The van der Waals surface area contributed by atoms with Crippen LogP contribution in [0.15, 0.2) is 48.5 Å². The van der Waals surface area contributed by atoms with Crippen molar-refractivity contribution >= 4 is 11.6 Å². The Hall–Kier alpha value is -2.49. The van der Waals surface area contributed by atoms with Crippen molar-refractivity contribution in [2.24, 2.45) is 0 Å². The lowest BCUT2D eigenvalue weighted by atomic mass is 10.1. The Morgan fingerprint density at radius 2 is 1.95 bits per heavy atom. The zero-order valence-corrected chi connectivity index (χ0v) is 12.0. The Morgan fingerprint density at radius 3 is 2.62 bits per heavy atom. The molecule has 0 fully saturated rings. The van der Waals surface area contributed by atoms with Gasteiger partial charge in [0.1, 0.15) is 11.5 Å². The molecule has 0 bridgehead atoms. The van der Waals surface area contributed by atoms with Crippen LogP contribution in [0.2, 0.25) is 0 Å². The van der Waals surface area contributed by atoms with Crippen LogP contribution in [0.5, 0.6) is 11.5 Å². The predicted octanol–water partition coefficient (Wildman–Crippen LogP) is 3.36. The van der Waals surface area contributed by atoms with E-state index in [0.717, 1.165) is 12.8 Å². The molecule has 0 spiro atoms. The van der Waals surface area contributed by atoms with Crippen LogP contribution in [0.1, 0.15) is 18.9 Å². The fraction of sp³-hybridized carbons (Fsp3) is 0.235. The van der Waals surface area contributed by atoms with Gasteiger partial charge in [-0.05, 0) is 36.2 Å². The molecule has 0 saturated heterocycles. The van der Waals surface area contributed by atoms with Gasteiger partial charge < -0.3 is 15.2 Å². The highest BCUT2D eigenvalue weighted by molar-refractivity contribution is 5.92. The van der Waals surface area contributed by atoms with Crippen molar-refractivity contribution < 1.29 is 14.6 Å². The van der Waals surface area contributed by atoms with Gasteiger partial charge in [-0.2, -0.15) is 0 Å². The molecule has 0 heterocycles. The largest absolute Gasteiger partial charge is 0.508 e. The first-order valence-electron chi connectivity index (χ1n) is 6.98. The predicted molar refractivity (Wildman–Crippen MR) is 82.7 cm³/mol. The molecular formula is C17H19NO3. The number of phenolic OH excluding ortho intramolecular Hbond substituents is 1. The number of aromatic hydroxyl groups is 1. The summed E-state index contributed by atoms with van der Waals surface area (Å²) in [7, 11) is 0. The number of phenols is 1. The van der Waals surface area contributed by atoms with Gasteiger partial charge in [-0.15, -0.1) is 0 Å². The molecule has 0 saturated carbocycles. The second-order valence-corrected chi connectivity index (χ2v) is 4.78. The average Bonchev–Trinajstić information content (AvgIpc) is 2.47. The van der Waals surface area contributed by atoms with Gasteiger partial charge in [0, 0.05) is 11.8 Å². The minimum atomic E-state index is -0.266. The van der Waals surface area contributed by atoms with Crippen LogP contribution in [-0.2, 0) is 11.2 Å². The van der Waals surface area contributed by atoms with Crippen molar-refractivity contribution in [1.82, 2.24) is 0 Å². The lowest BCUT2D eigenvalue weighted by Crippen LogP contribution is -2.20. The summed E-state index contributed by atoms with van der Waals surface area (Å²) in [5.74, 6) is 0.513. The van der Waals surface area contributed by atoms with Gasteiger partial charge in [0.05, 0.1) is 0 Å².